The van der Waals surface area contributed by atoms with E-state index in [4.69, 9.17) is 4.74 Å². The van der Waals surface area contributed by atoms with Crippen molar-refractivity contribution in [1.82, 2.24) is 4.57 Å². The van der Waals surface area contributed by atoms with Crippen LogP contribution in [0.5, 0.6) is 5.75 Å². The Hall–Kier alpha value is -4.00. The van der Waals surface area contributed by atoms with Gasteiger partial charge in [0.1, 0.15) is 5.75 Å². The van der Waals surface area contributed by atoms with Gasteiger partial charge in [-0.2, -0.15) is 4.99 Å². The summed E-state index contributed by atoms with van der Waals surface area (Å²) in [6, 6.07) is 19.1. The molecule has 0 atom stereocenters. The van der Waals surface area contributed by atoms with Crippen molar-refractivity contribution >= 4 is 28.6 Å². The predicted molar refractivity (Wildman–Crippen MR) is 132 cm³/mol. The zero-order valence-corrected chi connectivity index (χ0v) is 19.3. The molecular weight excluding hydrogens is 472 g/mol. The van der Waals surface area contributed by atoms with Crippen LogP contribution in [0.25, 0.3) is 16.9 Å². The number of nitrogens with zero attached hydrogens (tertiary/aromatic N) is 4. The molecule has 0 saturated heterocycles. The van der Waals surface area contributed by atoms with Crippen LogP contribution in [0.4, 0.5) is 11.4 Å². The zero-order chi connectivity index (χ0) is 24.9. The van der Waals surface area contributed by atoms with Crippen molar-refractivity contribution in [3.05, 3.63) is 99.0 Å². The Kier molecular flexibility index (Phi) is 7.25. The number of hydrogen-bond acceptors (Lipinski definition) is 9. The Balaban J connectivity index is 1.89. The molecule has 1 aromatic heterocycles. The zero-order valence-electron chi connectivity index (χ0n) is 18.4. The van der Waals surface area contributed by atoms with Gasteiger partial charge in [-0.3, -0.25) is 19.8 Å². The van der Waals surface area contributed by atoms with E-state index in [-0.39, 0.29) is 22.2 Å². The van der Waals surface area contributed by atoms with Crippen LogP contribution in [0.1, 0.15) is 17.3 Å². The van der Waals surface area contributed by atoms with Crippen LogP contribution < -0.4 is 20.0 Å². The number of thiazole rings is 1. The summed E-state index contributed by atoms with van der Waals surface area (Å²) in [7, 11) is 0. The molecular formula is C24H20N4O6S-2. The highest BCUT2D eigenvalue weighted by molar-refractivity contribution is 7.07. The number of aromatic nitrogens is 1. The molecule has 0 aliphatic heterocycles. The van der Waals surface area contributed by atoms with Crippen molar-refractivity contribution in [2.24, 2.45) is 4.99 Å². The monoisotopic (exact) mass is 492 g/mol. The van der Waals surface area contributed by atoms with Crippen molar-refractivity contribution in [1.29, 1.82) is 0 Å². The second kappa shape index (κ2) is 10.5. The van der Waals surface area contributed by atoms with Crippen LogP contribution in [0.15, 0.2) is 83.2 Å². The number of anilines is 2. The Bertz CT molecular complexity index is 1400. The Morgan fingerprint density at radius 1 is 1.03 bits per heavy atom. The molecule has 4 rings (SSSR count). The van der Waals surface area contributed by atoms with Crippen molar-refractivity contribution in [2.45, 2.75) is 6.92 Å². The molecule has 10 nitrogen and oxygen atoms in total. The van der Waals surface area contributed by atoms with E-state index in [1.165, 1.54) is 47.7 Å². The van der Waals surface area contributed by atoms with Gasteiger partial charge in [-0.05, 0) is 55.0 Å². The van der Waals surface area contributed by atoms with E-state index in [1.807, 2.05) is 30.5 Å². The lowest BCUT2D eigenvalue weighted by molar-refractivity contribution is 0.0291. The molecule has 4 aromatic rings. The first-order chi connectivity index (χ1) is 16.9. The summed E-state index contributed by atoms with van der Waals surface area (Å²) < 4.78 is 7.56. The van der Waals surface area contributed by atoms with Crippen LogP contribution in [-0.4, -0.2) is 27.5 Å². The molecule has 180 valence electrons. The number of rotatable bonds is 7. The lowest BCUT2D eigenvalue weighted by Gasteiger charge is -2.37. The van der Waals surface area contributed by atoms with Crippen molar-refractivity contribution in [3.8, 4) is 22.7 Å². The highest BCUT2D eigenvalue weighted by Crippen LogP contribution is 2.30. The maximum absolute atomic E-state index is 13.0. The Labute approximate surface area is 203 Å². The van der Waals surface area contributed by atoms with Crippen molar-refractivity contribution in [3.63, 3.8) is 0 Å². The van der Waals surface area contributed by atoms with Crippen molar-refractivity contribution in [2.75, 3.05) is 17.1 Å². The molecule has 2 N–H and O–H groups in total. The molecule has 1 heterocycles. The van der Waals surface area contributed by atoms with Gasteiger partial charge in [-0.1, -0.05) is 30.3 Å². The number of para-hydroxylation sites is 2. The third-order valence-corrected chi connectivity index (χ3v) is 5.84. The third kappa shape index (κ3) is 5.24. The average molecular weight is 493 g/mol. The molecule has 0 bridgehead atoms. The predicted octanol–water partition coefficient (Wildman–Crippen LogP) is 4.73. The highest BCUT2D eigenvalue weighted by Gasteiger charge is 2.16. The molecule has 3 aromatic carbocycles. The van der Waals surface area contributed by atoms with E-state index in [9.17, 15) is 25.6 Å². The maximum Gasteiger partial charge on any atom is 0.279 e. The Morgan fingerprint density at radius 3 is 2.46 bits per heavy atom. The summed E-state index contributed by atoms with van der Waals surface area (Å²) in [5, 5.41) is 42.0. The molecule has 0 aliphatic carbocycles. The lowest BCUT2D eigenvalue weighted by Crippen LogP contribution is -2.17. The normalized spacial score (nSPS) is 11.4. The fraction of sp³-hybridized carbons (Fsp3) is 0.0833. The van der Waals surface area contributed by atoms with Gasteiger partial charge in [0.25, 0.3) is 5.91 Å². The van der Waals surface area contributed by atoms with Crippen LogP contribution in [0.3, 0.4) is 0 Å². The fourth-order valence-electron chi connectivity index (χ4n) is 3.41. The third-order valence-electron chi connectivity index (χ3n) is 5.01. The summed E-state index contributed by atoms with van der Waals surface area (Å²) >= 11 is 1.21. The second-order valence-corrected chi connectivity index (χ2v) is 8.04. The summed E-state index contributed by atoms with van der Waals surface area (Å²) in [4.78, 5) is 17.6. The van der Waals surface area contributed by atoms with Gasteiger partial charge in [0.2, 0.25) is 0 Å². The minimum absolute atomic E-state index is 0.0221. The first-order valence-electron chi connectivity index (χ1n) is 10.4. The van der Waals surface area contributed by atoms with Crippen LogP contribution in [0.2, 0.25) is 0 Å². The number of amides is 1. The lowest BCUT2D eigenvalue weighted by atomic mass is 10.1. The van der Waals surface area contributed by atoms with E-state index in [0.717, 1.165) is 5.56 Å². The molecule has 0 saturated carbocycles. The number of ether oxygens (including phenoxy) is 1. The first kappa shape index (κ1) is 24.1. The van der Waals surface area contributed by atoms with E-state index >= 15 is 0 Å². The summed E-state index contributed by atoms with van der Waals surface area (Å²) in [5.41, 5.74) is 2.12. The van der Waals surface area contributed by atoms with Crippen LogP contribution in [0, 0.1) is 10.4 Å². The average Bonchev–Trinajstić information content (AvgIpc) is 3.27. The first-order valence-corrected chi connectivity index (χ1v) is 11.3. The minimum atomic E-state index is -0.628. The highest BCUT2D eigenvalue weighted by atomic mass is 32.1. The largest absolute Gasteiger partial charge is 0.769 e. The summed E-state index contributed by atoms with van der Waals surface area (Å²) in [6.45, 7) is 2.29. The summed E-state index contributed by atoms with van der Waals surface area (Å²) in [5.74, 6) is -0.0521. The molecule has 0 aliphatic rings. The quantitative estimate of drug-likeness (QED) is 0.353. The van der Waals surface area contributed by atoms with Crippen LogP contribution >= 0.6 is 11.3 Å². The SMILES string of the molecule is CCOc1ccccc1-n1c(-c2ccc(N(O)O)cc2)csc1=NC(=O)c1cccc(N([O-])[O-])c1. The standard InChI is InChI=1S/C24H20N4O6S/c1-2-34-22-9-4-3-8-20(22)26-21(16-10-12-18(13-11-16)27(30)31)15-35-24(26)25-23(29)17-6-5-7-19(14-17)28(32)33/h3-15,30-31H,2H2,1H3/q-2. The molecule has 11 heteroatoms. The van der Waals surface area contributed by atoms with Gasteiger partial charge in [-0.15, -0.1) is 16.6 Å². The van der Waals surface area contributed by atoms with Gasteiger partial charge in [0.15, 0.2) is 4.80 Å². The Morgan fingerprint density at radius 2 is 1.77 bits per heavy atom. The van der Waals surface area contributed by atoms with E-state index < -0.39 is 11.1 Å². The van der Waals surface area contributed by atoms with Gasteiger partial charge in [0.05, 0.1) is 23.7 Å². The number of benzene rings is 3. The molecule has 0 radical (unpaired) electrons. The molecule has 35 heavy (non-hydrogen) atoms. The van der Waals surface area contributed by atoms with E-state index in [1.54, 1.807) is 22.8 Å². The molecule has 0 unspecified atom stereocenters. The topological polar surface area (TPSA) is 137 Å². The van der Waals surface area contributed by atoms with E-state index in [2.05, 4.69) is 4.99 Å². The van der Waals surface area contributed by atoms with Gasteiger partial charge < -0.3 is 20.4 Å². The van der Waals surface area contributed by atoms with Crippen molar-refractivity contribution < 1.29 is 19.9 Å². The van der Waals surface area contributed by atoms with E-state index in [0.29, 0.717) is 28.5 Å². The smallest absolute Gasteiger partial charge is 0.279 e. The molecule has 1 amide bonds. The van der Waals surface area contributed by atoms with Gasteiger partial charge in [0, 0.05) is 16.6 Å². The summed E-state index contributed by atoms with van der Waals surface area (Å²) in [6.07, 6.45) is 0. The number of hydrogen-bond donors (Lipinski definition) is 2. The van der Waals surface area contributed by atoms with Crippen LogP contribution in [-0.2, 0) is 0 Å². The fourth-order valence-corrected chi connectivity index (χ4v) is 4.31. The minimum Gasteiger partial charge on any atom is -0.769 e. The maximum atomic E-state index is 13.0. The van der Waals surface area contributed by atoms with Gasteiger partial charge >= 0.3 is 0 Å². The molecule has 0 fully saturated rings. The second-order valence-electron chi connectivity index (χ2n) is 7.20. The van der Waals surface area contributed by atoms with Gasteiger partial charge in [-0.25, -0.2) is 0 Å². The molecule has 0 spiro atoms. The number of carbonyl (C=O) groups is 1. The number of carbonyl (C=O) groups excluding carboxylic acids is 1.